The predicted molar refractivity (Wildman–Crippen MR) is 92.6 cm³/mol. The van der Waals surface area contributed by atoms with Gasteiger partial charge in [0.1, 0.15) is 0 Å². The molecule has 0 radical (unpaired) electrons. The van der Waals surface area contributed by atoms with Gasteiger partial charge in [-0.2, -0.15) is 0 Å². The van der Waals surface area contributed by atoms with Crippen LogP contribution in [0.4, 0.5) is 4.39 Å². The van der Waals surface area contributed by atoms with E-state index in [9.17, 15) is 4.39 Å². The summed E-state index contributed by atoms with van der Waals surface area (Å²) in [6.07, 6.45) is 0.686. The average molecular weight is 333 g/mol. The van der Waals surface area contributed by atoms with Crippen LogP contribution in [-0.2, 0) is 6.42 Å². The van der Waals surface area contributed by atoms with Gasteiger partial charge >= 0.3 is 0 Å². The molecule has 0 bridgehead atoms. The average Bonchev–Trinajstić information content (AvgIpc) is 2.60. The van der Waals surface area contributed by atoms with Crippen molar-refractivity contribution in [1.82, 2.24) is 0 Å². The molecule has 24 heavy (non-hydrogen) atoms. The maximum atomic E-state index is 13.9. The summed E-state index contributed by atoms with van der Waals surface area (Å²) in [5, 5.41) is 0. The molecule has 130 valence electrons. The van der Waals surface area contributed by atoms with Crippen molar-refractivity contribution in [3.05, 3.63) is 53.3 Å². The second-order valence-electron chi connectivity index (χ2n) is 5.45. The zero-order valence-corrected chi connectivity index (χ0v) is 14.3. The smallest absolute Gasteiger partial charge is 0.165 e. The summed E-state index contributed by atoms with van der Waals surface area (Å²) in [5.74, 6) is 1.26. The van der Waals surface area contributed by atoms with Crippen molar-refractivity contribution in [3.8, 4) is 17.2 Å². The lowest BCUT2D eigenvalue weighted by molar-refractivity contribution is 0.310. The van der Waals surface area contributed by atoms with Gasteiger partial charge in [0, 0.05) is 5.92 Å². The van der Waals surface area contributed by atoms with E-state index in [0.717, 1.165) is 11.1 Å². The zero-order chi connectivity index (χ0) is 17.5. The molecule has 0 aliphatic heterocycles. The minimum absolute atomic E-state index is 0.00746. The van der Waals surface area contributed by atoms with E-state index in [1.165, 1.54) is 13.2 Å². The standard InChI is InChI=1S/C19H24FNO3/c1-4-24-18-7-5-13(10-19(18)23-3)9-15(12-21)14-6-8-17(22-2)16(20)11-14/h5-8,10-11,15H,4,9,12,21H2,1-3H3. The summed E-state index contributed by atoms with van der Waals surface area (Å²) in [5.41, 5.74) is 7.82. The van der Waals surface area contributed by atoms with Gasteiger partial charge in [0.25, 0.3) is 0 Å². The quantitative estimate of drug-likeness (QED) is 0.803. The third kappa shape index (κ3) is 4.17. The molecule has 0 aliphatic rings. The van der Waals surface area contributed by atoms with Gasteiger partial charge in [-0.3, -0.25) is 0 Å². The number of ether oxygens (including phenoxy) is 3. The molecule has 0 spiro atoms. The molecule has 2 aromatic carbocycles. The van der Waals surface area contributed by atoms with Gasteiger partial charge < -0.3 is 19.9 Å². The molecule has 0 heterocycles. The van der Waals surface area contributed by atoms with Crippen LogP contribution in [0.1, 0.15) is 24.0 Å². The summed E-state index contributed by atoms with van der Waals surface area (Å²) in [7, 11) is 3.06. The van der Waals surface area contributed by atoms with E-state index in [0.29, 0.717) is 31.1 Å². The topological polar surface area (TPSA) is 53.7 Å². The van der Waals surface area contributed by atoms with Crippen molar-refractivity contribution in [2.45, 2.75) is 19.3 Å². The van der Waals surface area contributed by atoms with Gasteiger partial charge in [-0.15, -0.1) is 0 Å². The first kappa shape index (κ1) is 18.1. The Labute approximate surface area is 142 Å². The number of nitrogens with two attached hydrogens (primary N) is 1. The minimum Gasteiger partial charge on any atom is -0.494 e. The molecule has 0 aliphatic carbocycles. The lowest BCUT2D eigenvalue weighted by Crippen LogP contribution is -2.15. The normalized spacial score (nSPS) is 11.9. The number of hydrogen-bond acceptors (Lipinski definition) is 4. The number of rotatable bonds is 8. The molecule has 4 nitrogen and oxygen atoms in total. The Balaban J connectivity index is 2.22. The fraction of sp³-hybridized carbons (Fsp3) is 0.368. The van der Waals surface area contributed by atoms with Crippen molar-refractivity contribution in [2.75, 3.05) is 27.4 Å². The summed E-state index contributed by atoms with van der Waals surface area (Å²) in [6, 6.07) is 10.8. The predicted octanol–water partition coefficient (Wildman–Crippen LogP) is 3.53. The van der Waals surface area contributed by atoms with Crippen LogP contribution < -0.4 is 19.9 Å². The Kier molecular flexibility index (Phi) is 6.44. The van der Waals surface area contributed by atoms with Crippen LogP contribution in [0.5, 0.6) is 17.2 Å². The highest BCUT2D eigenvalue weighted by Gasteiger charge is 2.15. The van der Waals surface area contributed by atoms with Gasteiger partial charge in [0.2, 0.25) is 0 Å². The van der Waals surface area contributed by atoms with E-state index >= 15 is 0 Å². The van der Waals surface area contributed by atoms with Gasteiger partial charge in [0.05, 0.1) is 20.8 Å². The molecule has 2 rings (SSSR count). The molecule has 1 unspecified atom stereocenters. The van der Waals surface area contributed by atoms with Crippen LogP contribution in [0, 0.1) is 5.82 Å². The summed E-state index contributed by atoms with van der Waals surface area (Å²) in [6.45, 7) is 2.92. The number of halogens is 1. The molecule has 0 saturated carbocycles. The van der Waals surface area contributed by atoms with Crippen LogP contribution in [0.3, 0.4) is 0 Å². The van der Waals surface area contributed by atoms with Crippen LogP contribution in [-0.4, -0.2) is 27.4 Å². The summed E-state index contributed by atoms with van der Waals surface area (Å²) in [4.78, 5) is 0. The minimum atomic E-state index is -0.377. The molecule has 5 heteroatoms. The second-order valence-corrected chi connectivity index (χ2v) is 5.45. The maximum absolute atomic E-state index is 13.9. The highest BCUT2D eigenvalue weighted by atomic mass is 19.1. The molecular formula is C19H24FNO3. The Morgan fingerprint density at radius 3 is 2.29 bits per heavy atom. The van der Waals surface area contributed by atoms with Crippen molar-refractivity contribution < 1.29 is 18.6 Å². The van der Waals surface area contributed by atoms with Crippen molar-refractivity contribution in [1.29, 1.82) is 0 Å². The fourth-order valence-corrected chi connectivity index (χ4v) is 2.67. The number of benzene rings is 2. The van der Waals surface area contributed by atoms with Gasteiger partial charge in [-0.25, -0.2) is 4.39 Å². The monoisotopic (exact) mass is 333 g/mol. The molecule has 2 aromatic rings. The fourth-order valence-electron chi connectivity index (χ4n) is 2.67. The van der Waals surface area contributed by atoms with E-state index in [2.05, 4.69) is 0 Å². The molecule has 1 atom stereocenters. The van der Waals surface area contributed by atoms with Gasteiger partial charge in [-0.05, 0) is 55.3 Å². The first-order chi connectivity index (χ1) is 11.6. The number of methoxy groups -OCH3 is 2. The van der Waals surface area contributed by atoms with Crippen LogP contribution >= 0.6 is 0 Å². The maximum Gasteiger partial charge on any atom is 0.165 e. The van der Waals surface area contributed by atoms with E-state index in [-0.39, 0.29) is 17.5 Å². The van der Waals surface area contributed by atoms with Crippen molar-refractivity contribution in [3.63, 3.8) is 0 Å². The highest BCUT2D eigenvalue weighted by molar-refractivity contribution is 5.43. The number of hydrogen-bond donors (Lipinski definition) is 1. The molecule has 2 N–H and O–H groups in total. The lowest BCUT2D eigenvalue weighted by atomic mass is 9.91. The Morgan fingerprint density at radius 1 is 1.00 bits per heavy atom. The third-order valence-electron chi connectivity index (χ3n) is 3.94. The first-order valence-corrected chi connectivity index (χ1v) is 7.96. The van der Waals surface area contributed by atoms with E-state index in [1.807, 2.05) is 31.2 Å². The van der Waals surface area contributed by atoms with Crippen LogP contribution in [0.2, 0.25) is 0 Å². The van der Waals surface area contributed by atoms with Crippen LogP contribution in [0.25, 0.3) is 0 Å². The molecule has 0 fully saturated rings. The van der Waals surface area contributed by atoms with Crippen molar-refractivity contribution >= 4 is 0 Å². The first-order valence-electron chi connectivity index (χ1n) is 7.96. The second kappa shape index (κ2) is 8.55. The Hall–Kier alpha value is -2.27. The lowest BCUT2D eigenvalue weighted by Gasteiger charge is -2.17. The van der Waals surface area contributed by atoms with E-state index in [1.54, 1.807) is 13.2 Å². The summed E-state index contributed by atoms with van der Waals surface area (Å²) < 4.78 is 29.8. The molecule has 0 amide bonds. The SMILES string of the molecule is CCOc1ccc(CC(CN)c2ccc(OC)c(F)c2)cc1OC. The highest BCUT2D eigenvalue weighted by Crippen LogP contribution is 2.31. The van der Waals surface area contributed by atoms with Crippen molar-refractivity contribution in [2.24, 2.45) is 5.73 Å². The Bertz CT molecular complexity index is 676. The summed E-state index contributed by atoms with van der Waals surface area (Å²) >= 11 is 0. The van der Waals surface area contributed by atoms with Crippen LogP contribution in [0.15, 0.2) is 36.4 Å². The molecular weight excluding hydrogens is 309 g/mol. The van der Waals surface area contributed by atoms with E-state index < -0.39 is 0 Å². The van der Waals surface area contributed by atoms with Gasteiger partial charge in [0.15, 0.2) is 23.1 Å². The third-order valence-corrected chi connectivity index (χ3v) is 3.94. The largest absolute Gasteiger partial charge is 0.494 e. The van der Waals surface area contributed by atoms with Gasteiger partial charge in [-0.1, -0.05) is 12.1 Å². The zero-order valence-electron chi connectivity index (χ0n) is 14.3. The Morgan fingerprint density at radius 2 is 1.71 bits per heavy atom. The molecule has 0 aromatic heterocycles. The molecule has 0 saturated heterocycles. The van der Waals surface area contributed by atoms with E-state index in [4.69, 9.17) is 19.9 Å².